The van der Waals surface area contributed by atoms with Crippen LogP contribution in [0, 0.1) is 0 Å². The molecule has 5 heterocycles. The number of rotatable bonds is 9. The number of piperazine rings is 1. The van der Waals surface area contributed by atoms with Crippen molar-refractivity contribution in [1.29, 1.82) is 0 Å². The number of morpholine rings is 1. The Balaban J connectivity index is 1.42. The second-order valence-electron chi connectivity index (χ2n) is 10.7. The number of pyridine rings is 1. The number of hydrogen-bond donors (Lipinski definition) is 2. The zero-order chi connectivity index (χ0) is 32.1. The van der Waals surface area contributed by atoms with Gasteiger partial charge in [-0.05, 0) is 23.8 Å². The van der Waals surface area contributed by atoms with Crippen LogP contribution in [0.4, 0.5) is 29.6 Å². The molecule has 2 N–H and O–H groups in total. The normalized spacial score (nSPS) is 16.1. The minimum absolute atomic E-state index is 0.0671. The van der Waals surface area contributed by atoms with Gasteiger partial charge < -0.3 is 19.9 Å². The molecule has 2 saturated heterocycles. The van der Waals surface area contributed by atoms with Crippen LogP contribution in [0.1, 0.15) is 24.0 Å². The number of alkyl halides is 3. The van der Waals surface area contributed by atoms with E-state index in [0.29, 0.717) is 70.4 Å². The van der Waals surface area contributed by atoms with E-state index in [0.717, 1.165) is 17.8 Å². The summed E-state index contributed by atoms with van der Waals surface area (Å²) >= 11 is 0. The average Bonchev–Trinajstić information content (AvgIpc) is 3.45. The summed E-state index contributed by atoms with van der Waals surface area (Å²) in [4.78, 5) is 50.2. The van der Waals surface area contributed by atoms with Crippen LogP contribution in [0.2, 0.25) is 0 Å². The van der Waals surface area contributed by atoms with Crippen molar-refractivity contribution in [3.63, 3.8) is 0 Å². The molecule has 16 heteroatoms. The number of nitrogens with one attached hydrogen (secondary N) is 2. The summed E-state index contributed by atoms with van der Waals surface area (Å²) in [6.45, 7) is 8.15. The van der Waals surface area contributed by atoms with E-state index < -0.39 is 17.8 Å². The highest BCUT2D eigenvalue weighted by molar-refractivity contribution is 5.92. The molecule has 13 nitrogen and oxygen atoms in total. The molecule has 3 aromatic rings. The maximum Gasteiger partial charge on any atom is 0.417 e. The van der Waals surface area contributed by atoms with E-state index in [9.17, 15) is 27.6 Å². The number of ether oxygens (including phenoxy) is 1. The number of aromatic nitrogens is 4. The third-order valence-corrected chi connectivity index (χ3v) is 7.67. The first kappa shape index (κ1) is 31.8. The highest BCUT2D eigenvalue weighted by Gasteiger charge is 2.36. The summed E-state index contributed by atoms with van der Waals surface area (Å²) in [5.74, 6) is -0.191. The monoisotopic (exact) mass is 629 g/mol. The molecule has 45 heavy (non-hydrogen) atoms. The SMILES string of the molecule is C=CC(=O)CCC(=O)N1CCN(Cc2cc3c(N4CCOCC4)nc(-c4cnc(NC(=O)NC)cc4C(F)(F)F)nn3c2)CC1. The van der Waals surface area contributed by atoms with E-state index in [1.165, 1.54) is 17.6 Å². The second kappa shape index (κ2) is 13.6. The Labute approximate surface area is 257 Å². The van der Waals surface area contributed by atoms with Crippen LogP contribution in [0.3, 0.4) is 0 Å². The van der Waals surface area contributed by atoms with Crippen LogP contribution in [-0.2, 0) is 27.0 Å². The minimum atomic E-state index is -4.78. The first-order valence-electron chi connectivity index (χ1n) is 14.5. The third-order valence-electron chi connectivity index (χ3n) is 7.67. The number of anilines is 2. The first-order valence-corrected chi connectivity index (χ1v) is 14.5. The summed E-state index contributed by atoms with van der Waals surface area (Å²) in [5, 5.41) is 9.02. The van der Waals surface area contributed by atoms with Crippen molar-refractivity contribution in [2.45, 2.75) is 25.6 Å². The van der Waals surface area contributed by atoms with E-state index in [4.69, 9.17) is 4.74 Å². The number of carbonyl (C=O) groups excluding carboxylic acids is 3. The van der Waals surface area contributed by atoms with Gasteiger partial charge in [0.15, 0.2) is 17.4 Å². The molecule has 0 spiro atoms. The van der Waals surface area contributed by atoms with Gasteiger partial charge in [0.05, 0.1) is 24.3 Å². The molecular formula is C29H34F3N9O4. The molecule has 0 atom stereocenters. The summed E-state index contributed by atoms with van der Waals surface area (Å²) in [6.07, 6.45) is -0.477. The zero-order valence-corrected chi connectivity index (χ0v) is 24.8. The van der Waals surface area contributed by atoms with Gasteiger partial charge in [-0.1, -0.05) is 6.58 Å². The van der Waals surface area contributed by atoms with Crippen LogP contribution in [0.25, 0.3) is 16.9 Å². The lowest BCUT2D eigenvalue weighted by Gasteiger charge is -2.34. The number of urea groups is 1. The largest absolute Gasteiger partial charge is 0.417 e. The number of hydrogen-bond acceptors (Lipinski definition) is 9. The molecule has 0 saturated carbocycles. The summed E-state index contributed by atoms with van der Waals surface area (Å²) in [7, 11) is 1.34. The summed E-state index contributed by atoms with van der Waals surface area (Å²) < 4.78 is 49.8. The molecule has 5 rings (SSSR count). The maximum atomic E-state index is 14.2. The fourth-order valence-corrected chi connectivity index (χ4v) is 5.26. The van der Waals surface area contributed by atoms with Crippen LogP contribution in [0.5, 0.6) is 0 Å². The van der Waals surface area contributed by atoms with Crippen molar-refractivity contribution >= 4 is 34.9 Å². The van der Waals surface area contributed by atoms with Gasteiger partial charge in [-0.2, -0.15) is 13.2 Å². The van der Waals surface area contributed by atoms with E-state index in [-0.39, 0.29) is 41.7 Å². The van der Waals surface area contributed by atoms with E-state index in [1.54, 1.807) is 11.1 Å². The second-order valence-corrected chi connectivity index (χ2v) is 10.7. The molecule has 240 valence electrons. The van der Waals surface area contributed by atoms with Crippen LogP contribution in [0.15, 0.2) is 37.2 Å². The number of halogens is 3. The van der Waals surface area contributed by atoms with Crippen molar-refractivity contribution in [2.75, 3.05) is 69.7 Å². The van der Waals surface area contributed by atoms with E-state index in [1.807, 2.05) is 11.0 Å². The minimum Gasteiger partial charge on any atom is -0.378 e. The molecule has 0 aliphatic carbocycles. The number of ketones is 1. The number of allylic oxidation sites excluding steroid dienone is 1. The lowest BCUT2D eigenvalue weighted by molar-refractivity contribution is -0.137. The predicted octanol–water partition coefficient (Wildman–Crippen LogP) is 2.58. The van der Waals surface area contributed by atoms with Crippen molar-refractivity contribution in [2.24, 2.45) is 0 Å². The van der Waals surface area contributed by atoms with Gasteiger partial charge >= 0.3 is 12.2 Å². The standard InChI is InChI=1S/C29H34F3N9O4/c1-3-20(42)4-5-25(43)39-8-6-38(7-9-39)17-19-14-23-27(40-10-12-45-13-11-40)36-26(37-41(23)18-19)21-16-34-24(35-28(44)33-2)15-22(21)29(30,31)32/h3,14-16,18H,1,4-13,17H2,2H3,(H2,33,34,35,44). The molecule has 0 bridgehead atoms. The lowest BCUT2D eigenvalue weighted by atomic mass is 10.1. The molecule has 2 fully saturated rings. The molecule has 0 radical (unpaired) electrons. The van der Waals surface area contributed by atoms with Gasteiger partial charge in [0.25, 0.3) is 0 Å². The highest BCUT2D eigenvalue weighted by Crippen LogP contribution is 2.38. The lowest BCUT2D eigenvalue weighted by Crippen LogP contribution is -2.48. The van der Waals surface area contributed by atoms with Gasteiger partial charge in [-0.3, -0.25) is 19.8 Å². The van der Waals surface area contributed by atoms with Gasteiger partial charge in [-0.15, -0.1) is 5.10 Å². The number of fused-ring (bicyclic) bond motifs is 1. The molecule has 2 aliphatic heterocycles. The van der Waals surface area contributed by atoms with Gasteiger partial charge in [0, 0.05) is 78.1 Å². The quantitative estimate of drug-likeness (QED) is 0.342. The highest BCUT2D eigenvalue weighted by atomic mass is 19.4. The van der Waals surface area contributed by atoms with E-state index >= 15 is 0 Å². The Morgan fingerprint density at radius 2 is 1.80 bits per heavy atom. The average molecular weight is 630 g/mol. The van der Waals surface area contributed by atoms with Gasteiger partial charge in [0.1, 0.15) is 11.3 Å². The van der Waals surface area contributed by atoms with Crippen LogP contribution >= 0.6 is 0 Å². The maximum absolute atomic E-state index is 14.2. The van der Waals surface area contributed by atoms with Gasteiger partial charge in [0.2, 0.25) is 5.91 Å². The van der Waals surface area contributed by atoms with Crippen LogP contribution < -0.4 is 15.5 Å². The fourth-order valence-electron chi connectivity index (χ4n) is 5.26. The van der Waals surface area contributed by atoms with Crippen molar-refractivity contribution in [1.82, 2.24) is 34.7 Å². The van der Waals surface area contributed by atoms with Crippen LogP contribution in [-0.4, -0.2) is 107 Å². The number of carbonyl (C=O) groups is 3. The molecular weight excluding hydrogens is 595 g/mol. The molecule has 3 amide bonds. The topological polar surface area (TPSA) is 137 Å². The Hall–Kier alpha value is -4.57. The Morgan fingerprint density at radius 3 is 2.47 bits per heavy atom. The molecule has 3 aromatic heterocycles. The Morgan fingerprint density at radius 1 is 1.07 bits per heavy atom. The van der Waals surface area contributed by atoms with E-state index in [2.05, 4.69) is 37.2 Å². The number of amides is 3. The zero-order valence-electron chi connectivity index (χ0n) is 24.8. The van der Waals surface area contributed by atoms with Gasteiger partial charge in [-0.25, -0.2) is 19.3 Å². The fraction of sp³-hybridized carbons (Fsp3) is 0.448. The Bertz CT molecular complexity index is 1580. The summed E-state index contributed by atoms with van der Waals surface area (Å²) in [6, 6.07) is 1.98. The predicted molar refractivity (Wildman–Crippen MR) is 159 cm³/mol. The number of nitrogens with zero attached hydrogens (tertiary/aromatic N) is 7. The molecule has 0 aromatic carbocycles. The summed E-state index contributed by atoms with van der Waals surface area (Å²) in [5.41, 5.74) is 0.152. The molecule has 0 unspecified atom stereocenters. The van der Waals surface area contributed by atoms with Crippen molar-refractivity contribution in [3.05, 3.63) is 48.3 Å². The molecule has 2 aliphatic rings. The van der Waals surface area contributed by atoms with Crippen molar-refractivity contribution < 1.29 is 32.3 Å². The first-order chi connectivity index (χ1) is 21.5. The third kappa shape index (κ3) is 7.57. The Kier molecular flexibility index (Phi) is 9.63. The van der Waals surface area contributed by atoms with Crippen molar-refractivity contribution in [3.8, 4) is 11.4 Å². The smallest absolute Gasteiger partial charge is 0.378 e.